The van der Waals surface area contributed by atoms with Crippen molar-refractivity contribution in [3.8, 4) is 0 Å². The maximum atomic E-state index is 12.2. The molecule has 1 unspecified atom stereocenters. The zero-order valence-corrected chi connectivity index (χ0v) is 11.5. The van der Waals surface area contributed by atoms with E-state index in [-0.39, 0.29) is 11.1 Å². The summed E-state index contributed by atoms with van der Waals surface area (Å²) >= 11 is 0. The normalized spacial score (nSPS) is 14.2. The lowest BCUT2D eigenvalue weighted by Crippen LogP contribution is -2.36. The van der Waals surface area contributed by atoms with Crippen molar-refractivity contribution in [3.05, 3.63) is 12.0 Å². The van der Waals surface area contributed by atoms with Gasteiger partial charge in [-0.3, -0.25) is 0 Å². The summed E-state index contributed by atoms with van der Waals surface area (Å²) < 4.78 is 27.5. The maximum absolute atomic E-state index is 12.2. The molecule has 1 rings (SSSR count). The minimum Gasteiger partial charge on any atom is -0.337 e. The summed E-state index contributed by atoms with van der Waals surface area (Å²) in [6.45, 7) is 4.06. The fraction of sp³-hybridized carbons (Fsp3) is 0.700. The van der Waals surface area contributed by atoms with Gasteiger partial charge in [0.05, 0.1) is 0 Å². The van der Waals surface area contributed by atoms with Gasteiger partial charge < -0.3 is 10.3 Å². The molecule has 0 amide bonds. The van der Waals surface area contributed by atoms with E-state index in [1.807, 2.05) is 6.92 Å². The van der Waals surface area contributed by atoms with Gasteiger partial charge in [0.2, 0.25) is 0 Å². The zero-order chi connectivity index (χ0) is 13.2. The average molecular weight is 260 g/mol. The Labute approximate surface area is 102 Å². The lowest BCUT2D eigenvalue weighted by Gasteiger charge is -2.22. The van der Waals surface area contributed by atoms with Gasteiger partial charge in [0.1, 0.15) is 5.82 Å². The van der Waals surface area contributed by atoms with E-state index in [1.54, 1.807) is 25.6 Å². The number of aryl methyl sites for hydroxylation is 2. The largest absolute Gasteiger partial charge is 0.337 e. The molecule has 7 heteroatoms. The number of imidazole rings is 1. The van der Waals surface area contributed by atoms with Gasteiger partial charge in [-0.25, -0.2) is 13.4 Å². The molecule has 0 bridgehead atoms. The van der Waals surface area contributed by atoms with Crippen LogP contribution >= 0.6 is 0 Å². The van der Waals surface area contributed by atoms with Crippen LogP contribution in [-0.4, -0.2) is 41.9 Å². The van der Waals surface area contributed by atoms with E-state index < -0.39 is 10.0 Å². The van der Waals surface area contributed by atoms with Crippen LogP contribution in [0.15, 0.2) is 11.2 Å². The highest BCUT2D eigenvalue weighted by Gasteiger charge is 2.27. The minimum atomic E-state index is -3.52. The Balaban J connectivity index is 3.02. The molecule has 17 heavy (non-hydrogen) atoms. The van der Waals surface area contributed by atoms with Crippen LogP contribution in [0.4, 0.5) is 0 Å². The van der Waals surface area contributed by atoms with Crippen molar-refractivity contribution in [1.29, 1.82) is 0 Å². The molecule has 1 aromatic rings. The van der Waals surface area contributed by atoms with Crippen molar-refractivity contribution in [2.45, 2.75) is 31.3 Å². The van der Waals surface area contributed by atoms with Crippen LogP contribution in [0.3, 0.4) is 0 Å². The number of hydrogen-bond acceptors (Lipinski definition) is 4. The Morgan fingerprint density at radius 3 is 2.59 bits per heavy atom. The first kappa shape index (κ1) is 14.1. The lowest BCUT2D eigenvalue weighted by atomic mass is 10.2. The quantitative estimate of drug-likeness (QED) is 0.813. The van der Waals surface area contributed by atoms with Crippen molar-refractivity contribution in [2.75, 3.05) is 13.6 Å². The number of hydrogen-bond donors (Lipinski definition) is 1. The summed E-state index contributed by atoms with van der Waals surface area (Å²) in [4.78, 5) is 4.05. The number of aromatic nitrogens is 2. The predicted molar refractivity (Wildman–Crippen MR) is 66.0 cm³/mol. The van der Waals surface area contributed by atoms with Crippen LogP contribution in [0.1, 0.15) is 19.2 Å². The third kappa shape index (κ3) is 2.85. The van der Waals surface area contributed by atoms with Crippen molar-refractivity contribution in [2.24, 2.45) is 12.8 Å². The highest BCUT2D eigenvalue weighted by Crippen LogP contribution is 2.16. The molecule has 98 valence electrons. The van der Waals surface area contributed by atoms with E-state index in [9.17, 15) is 8.42 Å². The zero-order valence-electron chi connectivity index (χ0n) is 10.7. The molecule has 1 aromatic heterocycles. The number of nitrogens with two attached hydrogens (primary N) is 1. The van der Waals surface area contributed by atoms with Crippen molar-refractivity contribution >= 4 is 10.0 Å². The SMILES string of the molecule is Cc1nc(S(=O)(=O)N(C)C(C)CCN)cn1C. The van der Waals surface area contributed by atoms with Gasteiger partial charge in [-0.15, -0.1) is 0 Å². The van der Waals surface area contributed by atoms with Crippen LogP contribution in [0.2, 0.25) is 0 Å². The van der Waals surface area contributed by atoms with Crippen LogP contribution in [-0.2, 0) is 17.1 Å². The monoisotopic (exact) mass is 260 g/mol. The summed E-state index contributed by atoms with van der Waals surface area (Å²) in [6, 6.07) is -0.132. The first-order chi connectivity index (χ1) is 7.80. The molecule has 0 radical (unpaired) electrons. The van der Waals surface area contributed by atoms with E-state index in [0.29, 0.717) is 18.8 Å². The van der Waals surface area contributed by atoms with Crippen molar-refractivity contribution in [3.63, 3.8) is 0 Å². The first-order valence-corrected chi connectivity index (χ1v) is 6.92. The molecule has 0 aliphatic carbocycles. The average Bonchev–Trinajstić information content (AvgIpc) is 2.59. The maximum Gasteiger partial charge on any atom is 0.262 e. The van der Waals surface area contributed by atoms with E-state index in [4.69, 9.17) is 5.73 Å². The van der Waals surface area contributed by atoms with Gasteiger partial charge in [-0.05, 0) is 26.8 Å². The van der Waals surface area contributed by atoms with E-state index in [0.717, 1.165) is 0 Å². The van der Waals surface area contributed by atoms with E-state index in [2.05, 4.69) is 4.98 Å². The smallest absolute Gasteiger partial charge is 0.262 e. The predicted octanol–water partition coefficient (Wildman–Crippen LogP) is 0.0863. The standard InChI is InChI=1S/C10H20N4O2S/c1-8(5-6-11)14(4)17(15,16)10-7-13(3)9(2)12-10/h7-8H,5-6,11H2,1-4H3. The molecule has 0 aliphatic rings. The third-order valence-corrected chi connectivity index (χ3v) is 4.78. The Morgan fingerprint density at radius 1 is 1.59 bits per heavy atom. The molecular formula is C10H20N4O2S. The topological polar surface area (TPSA) is 81.2 Å². The van der Waals surface area contributed by atoms with Crippen LogP contribution in [0, 0.1) is 6.92 Å². The van der Waals surface area contributed by atoms with Crippen molar-refractivity contribution < 1.29 is 8.42 Å². The molecule has 2 N–H and O–H groups in total. The van der Waals surface area contributed by atoms with Gasteiger partial charge in [0.25, 0.3) is 10.0 Å². The molecule has 0 saturated carbocycles. The minimum absolute atomic E-state index is 0.0869. The molecule has 1 heterocycles. The van der Waals surface area contributed by atoms with Crippen LogP contribution < -0.4 is 5.73 Å². The van der Waals surface area contributed by atoms with Gasteiger partial charge in [0, 0.05) is 26.3 Å². The molecule has 0 saturated heterocycles. The summed E-state index contributed by atoms with van der Waals surface area (Å²) in [5.41, 5.74) is 5.44. The summed E-state index contributed by atoms with van der Waals surface area (Å²) in [5.74, 6) is 0.670. The van der Waals surface area contributed by atoms with Crippen LogP contribution in [0.5, 0.6) is 0 Å². The van der Waals surface area contributed by atoms with E-state index >= 15 is 0 Å². The van der Waals surface area contributed by atoms with Gasteiger partial charge in [-0.1, -0.05) is 0 Å². The van der Waals surface area contributed by atoms with Gasteiger partial charge >= 0.3 is 0 Å². The van der Waals surface area contributed by atoms with Crippen molar-refractivity contribution in [1.82, 2.24) is 13.9 Å². The molecule has 0 spiro atoms. The number of sulfonamides is 1. The first-order valence-electron chi connectivity index (χ1n) is 5.48. The highest BCUT2D eigenvalue weighted by molar-refractivity contribution is 7.89. The van der Waals surface area contributed by atoms with Gasteiger partial charge in [-0.2, -0.15) is 4.31 Å². The fourth-order valence-electron chi connectivity index (χ4n) is 1.46. The lowest BCUT2D eigenvalue weighted by molar-refractivity contribution is 0.373. The highest BCUT2D eigenvalue weighted by atomic mass is 32.2. The van der Waals surface area contributed by atoms with E-state index in [1.165, 1.54) is 10.5 Å². The second kappa shape index (κ2) is 5.16. The van der Waals surface area contributed by atoms with Gasteiger partial charge in [0.15, 0.2) is 5.03 Å². The molecule has 0 aliphatic heterocycles. The summed E-state index contributed by atoms with van der Waals surface area (Å²) in [5, 5.41) is 0.0869. The second-order valence-corrected chi connectivity index (χ2v) is 6.13. The molecular weight excluding hydrogens is 240 g/mol. The molecule has 6 nitrogen and oxygen atoms in total. The second-order valence-electron chi connectivity index (χ2n) is 4.18. The molecule has 0 aromatic carbocycles. The Bertz CT molecular complexity index is 461. The molecule has 0 fully saturated rings. The Hall–Kier alpha value is -0.920. The third-order valence-electron chi connectivity index (χ3n) is 2.94. The molecule has 1 atom stereocenters. The Kier molecular flexibility index (Phi) is 4.29. The van der Waals surface area contributed by atoms with Crippen LogP contribution in [0.25, 0.3) is 0 Å². The number of rotatable bonds is 5. The summed E-state index contributed by atoms with van der Waals surface area (Å²) in [6.07, 6.45) is 2.15. The fourth-order valence-corrected chi connectivity index (χ4v) is 2.87. The Morgan fingerprint density at radius 2 is 2.18 bits per heavy atom. The number of nitrogens with zero attached hydrogens (tertiary/aromatic N) is 3. The summed E-state index contributed by atoms with van der Waals surface area (Å²) in [7, 11) is -0.193.